The van der Waals surface area contributed by atoms with Crippen molar-refractivity contribution < 1.29 is 18.7 Å². The molecule has 0 N–H and O–H groups in total. The fourth-order valence-corrected chi connectivity index (χ4v) is 2.81. The maximum absolute atomic E-state index is 12.8. The molecule has 0 aliphatic carbocycles. The molecule has 0 spiro atoms. The summed E-state index contributed by atoms with van der Waals surface area (Å²) in [6, 6.07) is 13.6. The maximum atomic E-state index is 12.8. The summed E-state index contributed by atoms with van der Waals surface area (Å²) in [5.41, 5.74) is 2.24. The molecule has 0 saturated heterocycles. The normalized spacial score (nSPS) is 10.7. The molecular formula is C23H17NO5. The zero-order chi connectivity index (χ0) is 20.4. The summed E-state index contributed by atoms with van der Waals surface area (Å²) < 4.78 is 16.7. The second-order valence-corrected chi connectivity index (χ2v) is 6.59. The van der Waals surface area contributed by atoms with Crippen LogP contribution in [0.4, 0.5) is 0 Å². The van der Waals surface area contributed by atoms with Gasteiger partial charge in [0.25, 0.3) is 0 Å². The number of benzene rings is 2. The monoisotopic (exact) mass is 387 g/mol. The van der Waals surface area contributed by atoms with Crippen molar-refractivity contribution in [3.63, 3.8) is 0 Å². The summed E-state index contributed by atoms with van der Waals surface area (Å²) in [5, 5.41) is 0.328. The van der Waals surface area contributed by atoms with Gasteiger partial charge in [-0.25, -0.2) is 4.79 Å². The molecule has 0 unspecified atom stereocenters. The molecule has 2 aromatic carbocycles. The summed E-state index contributed by atoms with van der Waals surface area (Å²) in [5.74, 6) is 0.400. The second-order valence-electron chi connectivity index (χ2n) is 6.59. The molecule has 2 heterocycles. The molecule has 29 heavy (non-hydrogen) atoms. The maximum Gasteiger partial charge on any atom is 0.345 e. The highest BCUT2D eigenvalue weighted by atomic mass is 16.5. The first kappa shape index (κ1) is 18.4. The van der Waals surface area contributed by atoms with Gasteiger partial charge in [-0.15, -0.1) is 0 Å². The highest BCUT2D eigenvalue weighted by Gasteiger charge is 2.13. The first-order chi connectivity index (χ1) is 14.0. The molecule has 0 atom stereocenters. The third kappa shape index (κ3) is 3.87. The predicted molar refractivity (Wildman–Crippen MR) is 108 cm³/mol. The number of rotatable bonds is 4. The summed E-state index contributed by atoms with van der Waals surface area (Å²) in [4.78, 5) is 28.8. The topological polar surface area (TPSA) is 78.6 Å². The first-order valence-electron chi connectivity index (χ1n) is 8.94. The van der Waals surface area contributed by atoms with E-state index in [0.717, 1.165) is 11.1 Å². The number of carbonyl (C=O) groups excluding carboxylic acids is 1. The van der Waals surface area contributed by atoms with Crippen molar-refractivity contribution in [3.05, 3.63) is 94.1 Å². The van der Waals surface area contributed by atoms with Crippen LogP contribution in [0.25, 0.3) is 11.0 Å². The van der Waals surface area contributed by atoms with Crippen LogP contribution in [0.3, 0.4) is 0 Å². The zero-order valence-electron chi connectivity index (χ0n) is 15.8. The van der Waals surface area contributed by atoms with Crippen LogP contribution in [-0.4, -0.2) is 11.0 Å². The van der Waals surface area contributed by atoms with Gasteiger partial charge in [0.2, 0.25) is 11.2 Å². The van der Waals surface area contributed by atoms with Crippen LogP contribution < -0.4 is 14.9 Å². The fraction of sp³-hybridized carbons (Fsp3) is 0.0870. The molecule has 0 radical (unpaired) electrons. The van der Waals surface area contributed by atoms with Crippen molar-refractivity contribution in [3.8, 4) is 17.2 Å². The van der Waals surface area contributed by atoms with E-state index >= 15 is 0 Å². The molecule has 144 valence electrons. The highest BCUT2D eigenvalue weighted by molar-refractivity contribution is 5.91. The van der Waals surface area contributed by atoms with Crippen molar-refractivity contribution in [2.24, 2.45) is 0 Å². The van der Waals surface area contributed by atoms with Crippen molar-refractivity contribution in [1.29, 1.82) is 0 Å². The largest absolute Gasteiger partial charge is 0.460 e. The van der Waals surface area contributed by atoms with Crippen LogP contribution in [0, 0.1) is 13.8 Å². The highest BCUT2D eigenvalue weighted by Crippen LogP contribution is 2.27. The lowest BCUT2D eigenvalue weighted by Gasteiger charge is -2.09. The van der Waals surface area contributed by atoms with Gasteiger partial charge in [-0.1, -0.05) is 12.1 Å². The first-order valence-corrected chi connectivity index (χ1v) is 8.94. The molecule has 0 fully saturated rings. The number of fused-ring (bicyclic) bond motifs is 1. The number of aryl methyl sites for hydroxylation is 2. The molecule has 0 saturated carbocycles. The number of ether oxygens (including phenoxy) is 2. The van der Waals surface area contributed by atoms with Gasteiger partial charge in [0, 0.05) is 18.5 Å². The lowest BCUT2D eigenvalue weighted by Crippen LogP contribution is -2.09. The minimum Gasteiger partial charge on any atom is -0.460 e. The molecular weight excluding hydrogens is 370 g/mol. The van der Waals surface area contributed by atoms with E-state index in [1.807, 2.05) is 32.0 Å². The Morgan fingerprint density at radius 3 is 2.69 bits per heavy atom. The van der Waals surface area contributed by atoms with E-state index in [2.05, 4.69) is 4.98 Å². The van der Waals surface area contributed by atoms with E-state index in [9.17, 15) is 9.59 Å². The number of nitrogens with zero attached hydrogens (tertiary/aromatic N) is 1. The standard InChI is InChI=1S/C23H17NO5/c1-14-5-6-15(2)19(10-14)29-21-13-27-20-11-17(7-8-18(20)22(21)25)28-23(26)16-4-3-9-24-12-16/h3-13H,1-2H3. The van der Waals surface area contributed by atoms with Crippen molar-refractivity contribution in [1.82, 2.24) is 4.98 Å². The van der Waals surface area contributed by atoms with Crippen molar-refractivity contribution in [2.75, 3.05) is 0 Å². The minimum atomic E-state index is -0.547. The lowest BCUT2D eigenvalue weighted by atomic mass is 10.1. The summed E-state index contributed by atoms with van der Waals surface area (Å²) >= 11 is 0. The van der Waals surface area contributed by atoms with Gasteiger partial charge in [0.1, 0.15) is 23.3 Å². The smallest absolute Gasteiger partial charge is 0.345 e. The number of carbonyl (C=O) groups is 1. The van der Waals surface area contributed by atoms with Gasteiger partial charge in [0.15, 0.2) is 0 Å². The Labute approximate surface area is 166 Å². The van der Waals surface area contributed by atoms with Crippen LogP contribution >= 0.6 is 0 Å². The lowest BCUT2D eigenvalue weighted by molar-refractivity contribution is 0.0734. The minimum absolute atomic E-state index is 0.0892. The van der Waals surface area contributed by atoms with Gasteiger partial charge < -0.3 is 13.9 Å². The van der Waals surface area contributed by atoms with Crippen LogP contribution in [0.5, 0.6) is 17.2 Å². The van der Waals surface area contributed by atoms with E-state index in [4.69, 9.17) is 13.9 Å². The van der Waals surface area contributed by atoms with Gasteiger partial charge in [0.05, 0.1) is 10.9 Å². The average molecular weight is 387 g/mol. The van der Waals surface area contributed by atoms with E-state index < -0.39 is 5.97 Å². The number of hydrogen-bond donors (Lipinski definition) is 0. The Hall–Kier alpha value is -3.93. The van der Waals surface area contributed by atoms with Gasteiger partial charge in [-0.2, -0.15) is 0 Å². The van der Waals surface area contributed by atoms with E-state index in [0.29, 0.717) is 22.3 Å². The van der Waals surface area contributed by atoms with Gasteiger partial charge in [-0.3, -0.25) is 9.78 Å². The number of pyridine rings is 1. The molecule has 0 aliphatic rings. The van der Waals surface area contributed by atoms with E-state index in [1.54, 1.807) is 24.4 Å². The van der Waals surface area contributed by atoms with Crippen LogP contribution in [0.2, 0.25) is 0 Å². The molecule has 4 rings (SSSR count). The molecule has 4 aromatic rings. The predicted octanol–water partition coefficient (Wildman–Crippen LogP) is 4.82. The molecule has 0 amide bonds. The van der Waals surface area contributed by atoms with Crippen molar-refractivity contribution >= 4 is 16.9 Å². The fourth-order valence-electron chi connectivity index (χ4n) is 2.81. The number of aromatic nitrogens is 1. The van der Waals surface area contributed by atoms with Gasteiger partial charge in [-0.05, 0) is 55.3 Å². The third-order valence-electron chi connectivity index (χ3n) is 4.39. The Bertz CT molecular complexity index is 1260. The Morgan fingerprint density at radius 2 is 1.90 bits per heavy atom. The van der Waals surface area contributed by atoms with Crippen molar-refractivity contribution in [2.45, 2.75) is 13.8 Å². The quantitative estimate of drug-likeness (QED) is 0.369. The number of hydrogen-bond acceptors (Lipinski definition) is 6. The number of esters is 1. The summed E-state index contributed by atoms with van der Waals surface area (Å²) in [6.45, 7) is 3.85. The van der Waals surface area contributed by atoms with E-state index in [1.165, 1.54) is 24.6 Å². The van der Waals surface area contributed by atoms with E-state index in [-0.39, 0.29) is 16.9 Å². The third-order valence-corrected chi connectivity index (χ3v) is 4.39. The van der Waals surface area contributed by atoms with Gasteiger partial charge >= 0.3 is 5.97 Å². The van der Waals surface area contributed by atoms with Crippen LogP contribution in [-0.2, 0) is 0 Å². The molecule has 6 heteroatoms. The summed E-state index contributed by atoms with van der Waals surface area (Å²) in [7, 11) is 0. The average Bonchev–Trinajstić information content (AvgIpc) is 2.73. The Kier molecular flexibility index (Phi) is 4.83. The SMILES string of the molecule is Cc1ccc(C)c(Oc2coc3cc(OC(=O)c4cccnc4)ccc3c2=O)c1. The van der Waals surface area contributed by atoms with Crippen LogP contribution in [0.1, 0.15) is 21.5 Å². The molecule has 0 aliphatic heterocycles. The Balaban J connectivity index is 1.62. The Morgan fingerprint density at radius 1 is 1.03 bits per heavy atom. The summed E-state index contributed by atoms with van der Waals surface area (Å²) in [6.07, 6.45) is 4.25. The zero-order valence-corrected chi connectivity index (χ0v) is 15.8. The molecule has 6 nitrogen and oxygen atoms in total. The van der Waals surface area contributed by atoms with Crippen LogP contribution in [0.15, 0.2) is 76.4 Å². The molecule has 0 bridgehead atoms. The second kappa shape index (κ2) is 7.59. The molecule has 2 aromatic heterocycles.